The number of amides is 1. The van der Waals surface area contributed by atoms with Gasteiger partial charge in [0.05, 0.1) is 11.6 Å². The molecule has 1 saturated carbocycles. The molecular formula is C28H21ClN2O5. The quantitative estimate of drug-likeness (QED) is 0.311. The van der Waals surface area contributed by atoms with Crippen molar-refractivity contribution >= 4 is 40.1 Å². The summed E-state index contributed by atoms with van der Waals surface area (Å²) in [4.78, 5) is 24.0. The topological polar surface area (TPSA) is 102 Å². The number of carboxylic acid groups (broad SMARTS) is 1. The second-order valence-electron chi connectivity index (χ2n) is 8.68. The fraction of sp³-hybridized carbons (Fsp3) is 0.179. The Morgan fingerprint density at radius 2 is 1.86 bits per heavy atom. The predicted molar refractivity (Wildman–Crippen MR) is 135 cm³/mol. The molecule has 1 fully saturated rings. The van der Waals surface area contributed by atoms with Crippen LogP contribution in [0.4, 0.5) is 10.5 Å². The van der Waals surface area contributed by atoms with Crippen LogP contribution < -0.4 is 5.32 Å². The van der Waals surface area contributed by atoms with Crippen LogP contribution >= 0.6 is 11.6 Å². The van der Waals surface area contributed by atoms with Crippen LogP contribution in [0.3, 0.4) is 0 Å². The summed E-state index contributed by atoms with van der Waals surface area (Å²) < 4.78 is 10.6. The molecule has 0 bridgehead atoms. The van der Waals surface area contributed by atoms with E-state index in [-0.39, 0.29) is 11.4 Å². The largest absolute Gasteiger partial charge is 0.481 e. The fourth-order valence-electron chi connectivity index (χ4n) is 4.09. The van der Waals surface area contributed by atoms with E-state index in [1.54, 1.807) is 25.1 Å². The van der Waals surface area contributed by atoms with E-state index < -0.39 is 23.6 Å². The van der Waals surface area contributed by atoms with E-state index in [1.165, 1.54) is 6.20 Å². The number of carbonyl (C=O) groups is 2. The van der Waals surface area contributed by atoms with Gasteiger partial charge in [-0.1, -0.05) is 65.1 Å². The van der Waals surface area contributed by atoms with Gasteiger partial charge < -0.3 is 14.4 Å². The maximum absolute atomic E-state index is 12.4. The molecule has 1 aliphatic carbocycles. The second-order valence-corrected chi connectivity index (χ2v) is 9.08. The van der Waals surface area contributed by atoms with Gasteiger partial charge in [0, 0.05) is 16.1 Å². The Kier molecular flexibility index (Phi) is 6.13. The highest BCUT2D eigenvalue weighted by Gasteiger charge is 2.51. The normalized spacial score (nSPS) is 14.4. The first-order chi connectivity index (χ1) is 17.4. The number of benzene rings is 3. The molecule has 2 N–H and O–H groups in total. The number of carboxylic acids is 1. The molecule has 7 nitrogen and oxygen atoms in total. The van der Waals surface area contributed by atoms with E-state index in [0.29, 0.717) is 23.4 Å². The number of hydrogen-bond donors (Lipinski definition) is 2. The first-order valence-corrected chi connectivity index (χ1v) is 11.7. The summed E-state index contributed by atoms with van der Waals surface area (Å²) in [5.74, 6) is 5.31. The summed E-state index contributed by atoms with van der Waals surface area (Å²) in [6.07, 6.45) is 1.43. The number of fused-ring (bicyclic) bond motifs is 1. The molecule has 4 aromatic rings. The number of ether oxygens (including phenoxy) is 1. The lowest BCUT2D eigenvalue weighted by Gasteiger charge is -2.14. The molecule has 1 atom stereocenters. The summed E-state index contributed by atoms with van der Waals surface area (Å²) in [6.45, 7) is 1.73. The molecule has 180 valence electrons. The Hall–Kier alpha value is -4.28. The van der Waals surface area contributed by atoms with Crippen LogP contribution in [0.5, 0.6) is 0 Å². The smallest absolute Gasteiger partial charge is 0.412 e. The molecule has 0 aliphatic heterocycles. The van der Waals surface area contributed by atoms with Gasteiger partial charge in [-0.15, -0.1) is 0 Å². The van der Waals surface area contributed by atoms with Gasteiger partial charge in [0.1, 0.15) is 11.8 Å². The van der Waals surface area contributed by atoms with Gasteiger partial charge in [0.15, 0.2) is 0 Å². The maximum Gasteiger partial charge on any atom is 0.412 e. The molecule has 1 aliphatic rings. The van der Waals surface area contributed by atoms with Crippen molar-refractivity contribution in [3.8, 4) is 11.8 Å². The standard InChI is InChI=1S/C28H21ClN2O5/c1-17(22-4-2-3-5-23(22)29)35-27(34)31-24-16-30-36-25(24)11-7-18-6-8-20-15-21(10-9-19(20)14-18)28(12-13-28)26(32)33/h2-6,8-10,14-17H,12-13H2,1H3,(H,31,34)(H,32,33). The van der Waals surface area contributed by atoms with Crippen LogP contribution in [-0.2, 0) is 14.9 Å². The second kappa shape index (κ2) is 9.40. The minimum Gasteiger partial charge on any atom is -0.481 e. The van der Waals surface area contributed by atoms with Crippen molar-refractivity contribution in [3.63, 3.8) is 0 Å². The van der Waals surface area contributed by atoms with Crippen LogP contribution in [0.1, 0.15) is 48.3 Å². The number of carbonyl (C=O) groups excluding carboxylic acids is 1. The highest BCUT2D eigenvalue weighted by molar-refractivity contribution is 6.31. The number of aliphatic carboxylic acids is 1. The zero-order valence-corrected chi connectivity index (χ0v) is 20.0. The van der Waals surface area contributed by atoms with Gasteiger partial charge in [-0.25, -0.2) is 4.79 Å². The van der Waals surface area contributed by atoms with Crippen LogP contribution in [0.25, 0.3) is 10.8 Å². The molecule has 1 heterocycles. The number of nitrogens with one attached hydrogen (secondary N) is 1. The van der Waals surface area contributed by atoms with Gasteiger partial charge in [0.25, 0.3) is 0 Å². The van der Waals surface area contributed by atoms with Crippen molar-refractivity contribution in [2.45, 2.75) is 31.3 Å². The van der Waals surface area contributed by atoms with E-state index in [2.05, 4.69) is 22.3 Å². The summed E-state index contributed by atoms with van der Waals surface area (Å²) in [5, 5.41) is 18.3. The Bertz CT molecular complexity index is 1540. The average molecular weight is 501 g/mol. The summed E-state index contributed by atoms with van der Waals surface area (Å²) in [5.41, 5.74) is 1.79. The molecule has 1 aromatic heterocycles. The Balaban J connectivity index is 1.29. The first kappa shape index (κ1) is 23.5. The summed E-state index contributed by atoms with van der Waals surface area (Å²) in [6, 6.07) is 18.5. The molecule has 0 spiro atoms. The third-order valence-corrected chi connectivity index (χ3v) is 6.65. The lowest BCUT2D eigenvalue weighted by molar-refractivity contribution is -0.140. The van der Waals surface area contributed by atoms with E-state index >= 15 is 0 Å². The number of aromatic nitrogens is 1. The van der Waals surface area contributed by atoms with Crippen LogP contribution in [0, 0.1) is 11.8 Å². The third-order valence-electron chi connectivity index (χ3n) is 6.31. The highest BCUT2D eigenvalue weighted by Crippen LogP contribution is 2.49. The van der Waals surface area contributed by atoms with Crippen LogP contribution in [0.2, 0.25) is 5.02 Å². The van der Waals surface area contributed by atoms with Gasteiger partial charge >= 0.3 is 12.1 Å². The first-order valence-electron chi connectivity index (χ1n) is 11.3. The van der Waals surface area contributed by atoms with Crippen molar-refractivity contribution in [2.24, 2.45) is 0 Å². The molecule has 5 rings (SSSR count). The van der Waals surface area contributed by atoms with Gasteiger partial charge in [0.2, 0.25) is 5.76 Å². The highest BCUT2D eigenvalue weighted by atomic mass is 35.5. The van der Waals surface area contributed by atoms with Gasteiger partial charge in [-0.2, -0.15) is 0 Å². The lowest BCUT2D eigenvalue weighted by Crippen LogP contribution is -2.19. The number of hydrogen-bond acceptors (Lipinski definition) is 5. The summed E-state index contributed by atoms with van der Waals surface area (Å²) >= 11 is 6.17. The fourth-order valence-corrected chi connectivity index (χ4v) is 4.38. The van der Waals surface area contributed by atoms with Crippen molar-refractivity contribution in [2.75, 3.05) is 5.32 Å². The Morgan fingerprint density at radius 1 is 1.11 bits per heavy atom. The molecule has 0 radical (unpaired) electrons. The van der Waals surface area contributed by atoms with Gasteiger partial charge in [-0.3, -0.25) is 10.1 Å². The van der Waals surface area contributed by atoms with Crippen molar-refractivity contribution in [1.29, 1.82) is 0 Å². The number of nitrogens with zero attached hydrogens (tertiary/aromatic N) is 1. The number of halogens is 1. The molecule has 0 saturated heterocycles. The minimum absolute atomic E-state index is 0.185. The predicted octanol–water partition coefficient (Wildman–Crippen LogP) is 6.31. The van der Waals surface area contributed by atoms with Crippen molar-refractivity contribution in [3.05, 3.63) is 94.3 Å². The zero-order valence-electron chi connectivity index (χ0n) is 19.2. The molecular weight excluding hydrogens is 480 g/mol. The monoisotopic (exact) mass is 500 g/mol. The number of anilines is 1. The average Bonchev–Trinajstić information content (AvgIpc) is 3.57. The van der Waals surface area contributed by atoms with Crippen LogP contribution in [-0.4, -0.2) is 22.3 Å². The molecule has 36 heavy (non-hydrogen) atoms. The number of rotatable bonds is 5. The minimum atomic E-state index is -0.775. The van der Waals surface area contributed by atoms with E-state index in [4.69, 9.17) is 20.9 Å². The van der Waals surface area contributed by atoms with Crippen molar-refractivity contribution in [1.82, 2.24) is 5.16 Å². The van der Waals surface area contributed by atoms with E-state index in [1.807, 2.05) is 42.5 Å². The van der Waals surface area contributed by atoms with E-state index in [9.17, 15) is 14.7 Å². The van der Waals surface area contributed by atoms with Crippen molar-refractivity contribution < 1.29 is 24.0 Å². The molecule has 1 unspecified atom stereocenters. The third kappa shape index (κ3) is 4.64. The molecule has 8 heteroatoms. The molecule has 3 aromatic carbocycles. The van der Waals surface area contributed by atoms with E-state index in [0.717, 1.165) is 21.9 Å². The van der Waals surface area contributed by atoms with Gasteiger partial charge in [-0.05, 0) is 60.2 Å². The SMILES string of the molecule is CC(OC(=O)Nc1cnoc1C#Cc1ccc2cc(C3(C(=O)O)CC3)ccc2c1)c1ccccc1Cl. The molecule has 1 amide bonds. The lowest BCUT2D eigenvalue weighted by atomic mass is 9.93. The van der Waals surface area contributed by atoms with Crippen LogP contribution in [0.15, 0.2) is 71.4 Å². The summed E-state index contributed by atoms with van der Waals surface area (Å²) in [7, 11) is 0. The maximum atomic E-state index is 12.4. The Morgan fingerprint density at radius 3 is 2.61 bits per heavy atom. The zero-order chi connectivity index (χ0) is 25.3. The Labute approximate surface area is 212 Å².